The second-order valence-corrected chi connectivity index (χ2v) is 6.44. The van der Waals surface area contributed by atoms with E-state index in [1.807, 2.05) is 6.92 Å². The Hall–Kier alpha value is -1.73. The SMILES string of the molecule is CC[C@@H]1c2nnc(C)n2-c2cnc(Cl)nc2N1C1CCNCC1. The van der Waals surface area contributed by atoms with Gasteiger partial charge in [-0.1, -0.05) is 6.92 Å². The van der Waals surface area contributed by atoms with E-state index in [-0.39, 0.29) is 11.3 Å². The molecule has 1 saturated heterocycles. The van der Waals surface area contributed by atoms with Gasteiger partial charge in [0.25, 0.3) is 0 Å². The molecule has 0 bridgehead atoms. The highest BCUT2D eigenvalue weighted by atomic mass is 35.5. The molecule has 0 radical (unpaired) electrons. The van der Waals surface area contributed by atoms with Gasteiger partial charge in [-0.3, -0.25) is 4.57 Å². The van der Waals surface area contributed by atoms with Crippen molar-refractivity contribution in [2.24, 2.45) is 0 Å². The molecule has 2 aromatic heterocycles. The molecule has 7 nitrogen and oxygen atoms in total. The quantitative estimate of drug-likeness (QED) is 0.848. The number of nitrogens with zero attached hydrogens (tertiary/aromatic N) is 6. The molecule has 0 saturated carbocycles. The van der Waals surface area contributed by atoms with E-state index in [4.69, 9.17) is 11.6 Å². The molecule has 23 heavy (non-hydrogen) atoms. The number of piperidine rings is 1. The number of aromatic nitrogens is 5. The van der Waals surface area contributed by atoms with E-state index in [9.17, 15) is 0 Å². The van der Waals surface area contributed by atoms with Crippen molar-refractivity contribution in [3.63, 3.8) is 0 Å². The van der Waals surface area contributed by atoms with E-state index in [2.05, 4.69) is 41.9 Å². The lowest BCUT2D eigenvalue weighted by molar-refractivity contribution is 0.381. The van der Waals surface area contributed by atoms with Crippen LogP contribution in [0.5, 0.6) is 0 Å². The van der Waals surface area contributed by atoms with Crippen LogP contribution < -0.4 is 10.2 Å². The summed E-state index contributed by atoms with van der Waals surface area (Å²) >= 11 is 6.11. The molecule has 0 unspecified atom stereocenters. The zero-order chi connectivity index (χ0) is 16.0. The Morgan fingerprint density at radius 3 is 2.83 bits per heavy atom. The van der Waals surface area contributed by atoms with Crippen LogP contribution in [0, 0.1) is 6.92 Å². The number of rotatable bonds is 2. The van der Waals surface area contributed by atoms with Gasteiger partial charge < -0.3 is 10.2 Å². The summed E-state index contributed by atoms with van der Waals surface area (Å²) in [5.41, 5.74) is 0.926. The maximum atomic E-state index is 6.11. The standard InChI is InChI=1S/C15H20ClN7/c1-3-11-14-21-20-9(2)22(14)12-8-18-15(16)19-13(12)23(11)10-4-6-17-7-5-10/h8,10-11,17H,3-7H2,1-2H3/t11-/m1/s1. The van der Waals surface area contributed by atoms with Crippen molar-refractivity contribution in [3.8, 4) is 5.69 Å². The van der Waals surface area contributed by atoms with Crippen molar-refractivity contribution in [3.05, 3.63) is 23.1 Å². The van der Waals surface area contributed by atoms with E-state index in [0.717, 1.165) is 55.5 Å². The number of anilines is 1. The van der Waals surface area contributed by atoms with Gasteiger partial charge in [-0.25, -0.2) is 4.98 Å². The predicted octanol–water partition coefficient (Wildman–Crippen LogP) is 2.04. The van der Waals surface area contributed by atoms with Crippen LogP contribution in [0.3, 0.4) is 0 Å². The van der Waals surface area contributed by atoms with Gasteiger partial charge >= 0.3 is 0 Å². The monoisotopic (exact) mass is 333 g/mol. The molecule has 0 aromatic carbocycles. The minimum atomic E-state index is 0.165. The van der Waals surface area contributed by atoms with Crippen molar-refractivity contribution in [2.75, 3.05) is 18.0 Å². The van der Waals surface area contributed by atoms with Gasteiger partial charge in [0.05, 0.1) is 12.2 Å². The van der Waals surface area contributed by atoms with Gasteiger partial charge in [-0.05, 0) is 50.9 Å². The largest absolute Gasteiger partial charge is 0.341 e. The van der Waals surface area contributed by atoms with Gasteiger partial charge in [0.1, 0.15) is 11.5 Å². The maximum Gasteiger partial charge on any atom is 0.224 e. The molecule has 2 aromatic rings. The zero-order valence-electron chi connectivity index (χ0n) is 13.3. The molecular weight excluding hydrogens is 314 g/mol. The van der Waals surface area contributed by atoms with E-state index in [0.29, 0.717) is 6.04 Å². The molecule has 0 aliphatic carbocycles. The molecule has 2 aliphatic heterocycles. The molecular formula is C15H20ClN7. The zero-order valence-corrected chi connectivity index (χ0v) is 14.1. The van der Waals surface area contributed by atoms with Gasteiger partial charge in [-0.15, -0.1) is 10.2 Å². The van der Waals surface area contributed by atoms with Gasteiger partial charge in [0, 0.05) is 6.04 Å². The van der Waals surface area contributed by atoms with Crippen molar-refractivity contribution in [1.82, 2.24) is 30.0 Å². The van der Waals surface area contributed by atoms with Crippen LogP contribution in [0.25, 0.3) is 5.69 Å². The summed E-state index contributed by atoms with van der Waals surface area (Å²) in [5.74, 6) is 2.73. The fourth-order valence-electron chi connectivity index (χ4n) is 3.75. The first-order chi connectivity index (χ1) is 11.2. The minimum absolute atomic E-state index is 0.165. The Morgan fingerprint density at radius 1 is 1.30 bits per heavy atom. The Bertz CT molecular complexity index is 723. The molecule has 4 heterocycles. The highest BCUT2D eigenvalue weighted by Crippen LogP contribution is 2.41. The average Bonchev–Trinajstić information content (AvgIpc) is 2.96. The number of fused-ring (bicyclic) bond motifs is 3. The van der Waals surface area contributed by atoms with Crippen LogP contribution in [0.2, 0.25) is 5.28 Å². The van der Waals surface area contributed by atoms with Crippen LogP contribution >= 0.6 is 11.6 Å². The van der Waals surface area contributed by atoms with Gasteiger partial charge in [-0.2, -0.15) is 4.98 Å². The molecule has 4 rings (SSSR count). The lowest BCUT2D eigenvalue weighted by atomic mass is 9.99. The van der Waals surface area contributed by atoms with E-state index < -0.39 is 0 Å². The van der Waals surface area contributed by atoms with Crippen LogP contribution in [-0.2, 0) is 0 Å². The third-order valence-corrected chi connectivity index (χ3v) is 4.96. The van der Waals surface area contributed by atoms with Crippen molar-refractivity contribution < 1.29 is 0 Å². The summed E-state index contributed by atoms with van der Waals surface area (Å²) in [6.45, 7) is 6.19. The molecule has 2 aliphatic rings. The Balaban J connectivity index is 1.90. The van der Waals surface area contributed by atoms with Crippen LogP contribution in [0.15, 0.2) is 6.20 Å². The lowest BCUT2D eigenvalue weighted by Gasteiger charge is -2.43. The number of halogens is 1. The lowest BCUT2D eigenvalue weighted by Crippen LogP contribution is -2.48. The first kappa shape index (κ1) is 14.8. The molecule has 122 valence electrons. The molecule has 8 heteroatoms. The number of aryl methyl sites for hydroxylation is 1. The smallest absolute Gasteiger partial charge is 0.224 e. The first-order valence-corrected chi connectivity index (χ1v) is 8.52. The summed E-state index contributed by atoms with van der Waals surface area (Å²) in [6, 6.07) is 0.592. The second-order valence-electron chi connectivity index (χ2n) is 6.10. The van der Waals surface area contributed by atoms with Gasteiger partial charge in [0.15, 0.2) is 11.6 Å². The molecule has 0 spiro atoms. The van der Waals surface area contributed by atoms with E-state index >= 15 is 0 Å². The molecule has 1 N–H and O–H groups in total. The van der Waals surface area contributed by atoms with Crippen molar-refractivity contribution in [1.29, 1.82) is 0 Å². The predicted molar refractivity (Wildman–Crippen MR) is 88.1 cm³/mol. The summed E-state index contributed by atoms with van der Waals surface area (Å²) in [5, 5.41) is 12.4. The van der Waals surface area contributed by atoms with Crippen LogP contribution in [0.4, 0.5) is 5.82 Å². The molecule has 1 fully saturated rings. The molecule has 1 atom stereocenters. The van der Waals surface area contributed by atoms with Crippen molar-refractivity contribution in [2.45, 2.75) is 45.2 Å². The Labute approximate surface area is 140 Å². The number of nitrogens with one attached hydrogen (secondary N) is 1. The normalized spacial score (nSPS) is 21.2. The van der Waals surface area contributed by atoms with Crippen LogP contribution in [0.1, 0.15) is 43.9 Å². The number of hydrogen-bond donors (Lipinski definition) is 1. The minimum Gasteiger partial charge on any atom is -0.341 e. The second kappa shape index (κ2) is 5.72. The van der Waals surface area contributed by atoms with Gasteiger partial charge in [0.2, 0.25) is 5.28 Å². The van der Waals surface area contributed by atoms with Crippen LogP contribution in [-0.4, -0.2) is 43.9 Å². The fraction of sp³-hybridized carbons (Fsp3) is 0.600. The van der Waals surface area contributed by atoms with E-state index in [1.54, 1.807) is 6.20 Å². The van der Waals surface area contributed by atoms with E-state index in [1.165, 1.54) is 0 Å². The number of hydrogen-bond acceptors (Lipinski definition) is 6. The maximum absolute atomic E-state index is 6.11. The Morgan fingerprint density at radius 2 is 2.09 bits per heavy atom. The fourth-order valence-corrected chi connectivity index (χ4v) is 3.88. The highest BCUT2D eigenvalue weighted by Gasteiger charge is 2.38. The van der Waals surface area contributed by atoms with Crippen molar-refractivity contribution >= 4 is 17.4 Å². The highest BCUT2D eigenvalue weighted by molar-refractivity contribution is 6.28. The first-order valence-electron chi connectivity index (χ1n) is 8.14. The molecule has 0 amide bonds. The summed E-state index contributed by atoms with van der Waals surface area (Å²) in [4.78, 5) is 11.1. The summed E-state index contributed by atoms with van der Waals surface area (Å²) in [7, 11) is 0. The average molecular weight is 334 g/mol. The Kier molecular flexibility index (Phi) is 3.69. The summed E-state index contributed by atoms with van der Waals surface area (Å²) in [6.07, 6.45) is 4.91. The summed E-state index contributed by atoms with van der Waals surface area (Å²) < 4.78 is 2.07. The topological polar surface area (TPSA) is 71.8 Å². The third kappa shape index (κ3) is 2.30. The third-order valence-electron chi connectivity index (χ3n) is 4.78.